The summed E-state index contributed by atoms with van der Waals surface area (Å²) in [4.78, 5) is 4.30. The molecule has 1 heterocycles. The van der Waals surface area contributed by atoms with Gasteiger partial charge in [0.05, 0.1) is 0 Å². The Bertz CT molecular complexity index is 487. The smallest absolute Gasteiger partial charge is 0.219 e. The summed E-state index contributed by atoms with van der Waals surface area (Å²) in [5.74, 6) is 1.40. The third-order valence-corrected chi connectivity index (χ3v) is 2.95. The van der Waals surface area contributed by atoms with Gasteiger partial charge in [0, 0.05) is 25.4 Å². The van der Waals surface area contributed by atoms with Crippen LogP contribution in [0.25, 0.3) is 0 Å². The fourth-order valence-corrected chi connectivity index (χ4v) is 2.09. The molecule has 0 bridgehead atoms. The van der Waals surface area contributed by atoms with Gasteiger partial charge in [-0.05, 0) is 24.1 Å². The number of hydrogen-bond donors (Lipinski definition) is 1. The lowest BCUT2D eigenvalue weighted by atomic mass is 10.3. The summed E-state index contributed by atoms with van der Waals surface area (Å²) in [6.07, 6.45) is 2.92. The molecule has 0 unspecified atom stereocenters. The standard InChI is InChI=1S/C15H18N2OS/c1-2-10-17(19)12-13-8-9-15(16-11-13)18-14-6-4-3-5-7-14/h3-9,11,19H,2,10,12H2,1H3. The first kappa shape index (κ1) is 13.9. The molecule has 0 amide bonds. The van der Waals surface area contributed by atoms with Gasteiger partial charge in [0.25, 0.3) is 0 Å². The molecule has 0 radical (unpaired) electrons. The zero-order valence-corrected chi connectivity index (χ0v) is 11.9. The summed E-state index contributed by atoms with van der Waals surface area (Å²) in [7, 11) is 0. The molecule has 0 fully saturated rings. The molecule has 1 aromatic carbocycles. The number of aromatic nitrogens is 1. The zero-order valence-electron chi connectivity index (χ0n) is 11.0. The quantitative estimate of drug-likeness (QED) is 0.808. The highest BCUT2D eigenvalue weighted by Gasteiger charge is 2.02. The van der Waals surface area contributed by atoms with E-state index in [-0.39, 0.29) is 0 Å². The SMILES string of the molecule is CCCN(S)Cc1ccc(Oc2ccccc2)nc1. The Labute approximate surface area is 119 Å². The fraction of sp³-hybridized carbons (Fsp3) is 0.267. The summed E-state index contributed by atoms with van der Waals surface area (Å²) in [6, 6.07) is 13.6. The van der Waals surface area contributed by atoms with Crippen molar-refractivity contribution in [3.05, 3.63) is 54.2 Å². The van der Waals surface area contributed by atoms with Gasteiger partial charge in [0.15, 0.2) is 0 Å². The van der Waals surface area contributed by atoms with Crippen LogP contribution in [-0.2, 0) is 6.54 Å². The maximum Gasteiger partial charge on any atom is 0.219 e. The van der Waals surface area contributed by atoms with Gasteiger partial charge in [-0.1, -0.05) is 44.0 Å². The van der Waals surface area contributed by atoms with Crippen molar-refractivity contribution < 1.29 is 4.74 Å². The van der Waals surface area contributed by atoms with E-state index in [2.05, 4.69) is 24.7 Å². The van der Waals surface area contributed by atoms with Crippen molar-refractivity contribution in [2.24, 2.45) is 0 Å². The third kappa shape index (κ3) is 4.58. The molecule has 0 aliphatic carbocycles. The highest BCUT2D eigenvalue weighted by Crippen LogP contribution is 2.19. The van der Waals surface area contributed by atoms with Crippen molar-refractivity contribution in [2.45, 2.75) is 19.9 Å². The van der Waals surface area contributed by atoms with Gasteiger partial charge >= 0.3 is 0 Å². The first-order valence-corrected chi connectivity index (χ1v) is 6.79. The maximum absolute atomic E-state index is 5.64. The van der Waals surface area contributed by atoms with E-state index in [4.69, 9.17) is 4.74 Å². The molecular formula is C15H18N2OS. The molecular weight excluding hydrogens is 256 g/mol. The van der Waals surface area contributed by atoms with Crippen LogP contribution >= 0.6 is 12.8 Å². The minimum Gasteiger partial charge on any atom is -0.439 e. The first-order chi connectivity index (χ1) is 9.28. The lowest BCUT2D eigenvalue weighted by Crippen LogP contribution is -2.12. The van der Waals surface area contributed by atoms with Crippen LogP contribution in [-0.4, -0.2) is 15.8 Å². The second-order valence-electron chi connectivity index (χ2n) is 4.31. The first-order valence-electron chi connectivity index (χ1n) is 6.39. The van der Waals surface area contributed by atoms with E-state index in [1.807, 2.05) is 53.0 Å². The number of rotatable bonds is 6. The van der Waals surface area contributed by atoms with E-state index in [1.54, 1.807) is 0 Å². The zero-order chi connectivity index (χ0) is 13.5. The average molecular weight is 274 g/mol. The topological polar surface area (TPSA) is 25.4 Å². The van der Waals surface area contributed by atoms with Crippen molar-refractivity contribution in [1.29, 1.82) is 0 Å². The lowest BCUT2D eigenvalue weighted by Gasteiger charge is -2.13. The van der Waals surface area contributed by atoms with E-state index in [0.29, 0.717) is 5.88 Å². The van der Waals surface area contributed by atoms with Crippen LogP contribution in [0.5, 0.6) is 11.6 Å². The van der Waals surface area contributed by atoms with Crippen LogP contribution in [0.4, 0.5) is 0 Å². The molecule has 100 valence electrons. The molecule has 0 atom stereocenters. The molecule has 1 aromatic heterocycles. The molecule has 19 heavy (non-hydrogen) atoms. The molecule has 0 N–H and O–H groups in total. The van der Waals surface area contributed by atoms with Crippen molar-refractivity contribution in [1.82, 2.24) is 9.29 Å². The summed E-state index contributed by atoms with van der Waals surface area (Å²) < 4.78 is 7.62. The van der Waals surface area contributed by atoms with Crippen molar-refractivity contribution in [3.8, 4) is 11.6 Å². The van der Waals surface area contributed by atoms with Gasteiger partial charge in [-0.3, -0.25) is 0 Å². The highest BCUT2D eigenvalue weighted by molar-refractivity contribution is 7.77. The third-order valence-electron chi connectivity index (χ3n) is 2.61. The number of hydrogen-bond acceptors (Lipinski definition) is 4. The minimum absolute atomic E-state index is 0.608. The second kappa shape index (κ2) is 7.16. The van der Waals surface area contributed by atoms with E-state index < -0.39 is 0 Å². The average Bonchev–Trinajstić information content (AvgIpc) is 2.42. The van der Waals surface area contributed by atoms with Gasteiger partial charge in [-0.25, -0.2) is 9.29 Å². The van der Waals surface area contributed by atoms with Gasteiger partial charge in [0.2, 0.25) is 5.88 Å². The number of nitrogens with zero attached hydrogens (tertiary/aromatic N) is 2. The molecule has 0 spiro atoms. The van der Waals surface area contributed by atoms with E-state index in [0.717, 1.165) is 30.8 Å². The van der Waals surface area contributed by atoms with Crippen LogP contribution in [0.3, 0.4) is 0 Å². The Balaban J connectivity index is 1.95. The second-order valence-corrected chi connectivity index (χ2v) is 4.87. The summed E-state index contributed by atoms with van der Waals surface area (Å²) in [5, 5.41) is 0. The van der Waals surface area contributed by atoms with Crippen molar-refractivity contribution in [3.63, 3.8) is 0 Å². The summed E-state index contributed by atoms with van der Waals surface area (Å²) >= 11 is 4.40. The van der Waals surface area contributed by atoms with E-state index in [1.165, 1.54) is 0 Å². The number of thiol groups is 1. The fourth-order valence-electron chi connectivity index (χ4n) is 1.72. The van der Waals surface area contributed by atoms with Crippen LogP contribution in [0.15, 0.2) is 48.7 Å². The molecule has 0 saturated carbocycles. The molecule has 3 nitrogen and oxygen atoms in total. The largest absolute Gasteiger partial charge is 0.439 e. The van der Waals surface area contributed by atoms with Crippen LogP contribution in [0, 0.1) is 0 Å². The number of para-hydroxylation sites is 1. The normalized spacial score (nSPS) is 10.7. The molecule has 0 aliphatic rings. The van der Waals surface area contributed by atoms with Gasteiger partial charge in [0.1, 0.15) is 5.75 Å². The Morgan fingerprint density at radius 1 is 1.16 bits per heavy atom. The van der Waals surface area contributed by atoms with Crippen LogP contribution < -0.4 is 4.74 Å². The molecule has 2 aromatic rings. The summed E-state index contributed by atoms with van der Waals surface area (Å²) in [5.41, 5.74) is 1.13. The summed E-state index contributed by atoms with van der Waals surface area (Å²) in [6.45, 7) is 3.89. The monoisotopic (exact) mass is 274 g/mol. The maximum atomic E-state index is 5.64. The minimum atomic E-state index is 0.608. The van der Waals surface area contributed by atoms with Gasteiger partial charge in [-0.2, -0.15) is 0 Å². The lowest BCUT2D eigenvalue weighted by molar-refractivity contribution is 0.455. The van der Waals surface area contributed by atoms with E-state index >= 15 is 0 Å². The highest BCUT2D eigenvalue weighted by atomic mass is 32.1. The molecule has 0 saturated heterocycles. The van der Waals surface area contributed by atoms with Crippen molar-refractivity contribution in [2.75, 3.05) is 6.54 Å². The van der Waals surface area contributed by atoms with Gasteiger partial charge < -0.3 is 4.74 Å². The van der Waals surface area contributed by atoms with Gasteiger partial charge in [-0.15, -0.1) is 0 Å². The predicted molar refractivity (Wildman–Crippen MR) is 80.4 cm³/mol. The predicted octanol–water partition coefficient (Wildman–Crippen LogP) is 3.93. The molecule has 0 aliphatic heterocycles. The molecule has 4 heteroatoms. The molecule has 2 rings (SSSR count). The van der Waals surface area contributed by atoms with Crippen molar-refractivity contribution >= 4 is 12.8 Å². The van der Waals surface area contributed by atoms with Crippen LogP contribution in [0.1, 0.15) is 18.9 Å². The number of benzene rings is 1. The Morgan fingerprint density at radius 3 is 2.58 bits per heavy atom. The number of pyridine rings is 1. The Hall–Kier alpha value is -1.52. The van der Waals surface area contributed by atoms with E-state index in [9.17, 15) is 0 Å². The van der Waals surface area contributed by atoms with Crippen LogP contribution in [0.2, 0.25) is 0 Å². The Kier molecular flexibility index (Phi) is 5.24. The number of ether oxygens (including phenoxy) is 1. The Morgan fingerprint density at radius 2 is 1.95 bits per heavy atom.